The maximum absolute atomic E-state index is 12.8. The van der Waals surface area contributed by atoms with Crippen molar-refractivity contribution in [1.82, 2.24) is 0 Å². The van der Waals surface area contributed by atoms with E-state index in [1.54, 1.807) is 24.3 Å². The summed E-state index contributed by atoms with van der Waals surface area (Å²) in [6.45, 7) is 0. The van der Waals surface area contributed by atoms with Gasteiger partial charge in [-0.25, -0.2) is 4.39 Å². The van der Waals surface area contributed by atoms with E-state index < -0.39 is 23.5 Å². The summed E-state index contributed by atoms with van der Waals surface area (Å²) in [5.74, 6) is -3.32. The number of Topliss-reactive ketones (excluding diaryl/α,β-unsaturated/α-hetero) is 1. The van der Waals surface area contributed by atoms with Crippen LogP contribution in [0, 0.1) is 11.7 Å². The van der Waals surface area contributed by atoms with Gasteiger partial charge in [0.15, 0.2) is 5.78 Å². The van der Waals surface area contributed by atoms with E-state index in [4.69, 9.17) is 0 Å². The van der Waals surface area contributed by atoms with E-state index in [1.165, 1.54) is 12.1 Å². The lowest BCUT2D eigenvalue weighted by Crippen LogP contribution is -2.26. The molecule has 0 bridgehead atoms. The summed E-state index contributed by atoms with van der Waals surface area (Å²) in [7, 11) is 0. The highest BCUT2D eigenvalue weighted by molar-refractivity contribution is 6.08. The van der Waals surface area contributed by atoms with Crippen molar-refractivity contribution >= 4 is 11.8 Å². The highest BCUT2D eigenvalue weighted by atomic mass is 19.1. The Bertz CT molecular complexity index is 605. The van der Waals surface area contributed by atoms with Crippen LogP contribution in [0.15, 0.2) is 54.6 Å². The van der Waals surface area contributed by atoms with Gasteiger partial charge in [-0.1, -0.05) is 30.3 Å². The fraction of sp³-hybridized carbons (Fsp3) is 0.125. The molecule has 0 aliphatic rings. The molecule has 0 saturated carbocycles. The number of hydrogen-bond acceptors (Lipinski definition) is 2. The van der Waals surface area contributed by atoms with Gasteiger partial charge in [-0.05, 0) is 36.2 Å². The Balaban J connectivity index is 2.22. The number of hydrogen-bond donors (Lipinski definition) is 1. The van der Waals surface area contributed by atoms with E-state index in [1.807, 2.05) is 6.07 Å². The molecule has 1 atom stereocenters. The first-order chi connectivity index (χ1) is 9.58. The van der Waals surface area contributed by atoms with Crippen molar-refractivity contribution in [1.29, 1.82) is 0 Å². The number of halogens is 1. The van der Waals surface area contributed by atoms with Gasteiger partial charge < -0.3 is 5.11 Å². The van der Waals surface area contributed by atoms with E-state index in [-0.39, 0.29) is 12.0 Å². The average Bonchev–Trinajstić information content (AvgIpc) is 2.45. The number of ketones is 1. The monoisotopic (exact) mass is 272 g/mol. The molecular weight excluding hydrogens is 259 g/mol. The van der Waals surface area contributed by atoms with E-state index in [0.29, 0.717) is 0 Å². The molecule has 20 heavy (non-hydrogen) atoms. The Morgan fingerprint density at radius 1 is 1.00 bits per heavy atom. The number of aliphatic carboxylic acids is 1. The predicted octanol–water partition coefficient (Wildman–Crippen LogP) is 2.95. The molecule has 2 aromatic rings. The van der Waals surface area contributed by atoms with Gasteiger partial charge in [0.05, 0.1) is 0 Å². The highest BCUT2D eigenvalue weighted by Crippen LogP contribution is 2.16. The van der Waals surface area contributed by atoms with E-state index >= 15 is 0 Å². The van der Waals surface area contributed by atoms with Crippen molar-refractivity contribution in [2.45, 2.75) is 6.42 Å². The molecule has 4 heteroatoms. The van der Waals surface area contributed by atoms with Crippen LogP contribution in [0.2, 0.25) is 0 Å². The second-order valence-electron chi connectivity index (χ2n) is 4.45. The molecular formula is C16H13FO3. The van der Waals surface area contributed by atoms with E-state index in [2.05, 4.69) is 0 Å². The lowest BCUT2D eigenvalue weighted by atomic mass is 9.91. The Kier molecular flexibility index (Phi) is 4.25. The van der Waals surface area contributed by atoms with Crippen LogP contribution in [0.5, 0.6) is 0 Å². The molecule has 0 fully saturated rings. The van der Waals surface area contributed by atoms with Crippen molar-refractivity contribution in [2.24, 2.45) is 5.92 Å². The van der Waals surface area contributed by atoms with Crippen molar-refractivity contribution in [3.8, 4) is 0 Å². The maximum atomic E-state index is 12.8. The minimum Gasteiger partial charge on any atom is -0.481 e. The Hall–Kier alpha value is -2.49. The fourth-order valence-electron chi connectivity index (χ4n) is 1.96. The van der Waals surface area contributed by atoms with Gasteiger partial charge in [-0.3, -0.25) is 9.59 Å². The maximum Gasteiger partial charge on any atom is 0.314 e. The van der Waals surface area contributed by atoms with E-state index in [9.17, 15) is 19.1 Å². The second-order valence-corrected chi connectivity index (χ2v) is 4.45. The highest BCUT2D eigenvalue weighted by Gasteiger charge is 2.27. The molecule has 0 aromatic heterocycles. The van der Waals surface area contributed by atoms with Crippen LogP contribution in [-0.2, 0) is 11.2 Å². The Morgan fingerprint density at radius 2 is 1.60 bits per heavy atom. The Labute approximate surface area is 115 Å². The van der Waals surface area contributed by atoms with Gasteiger partial charge in [-0.15, -0.1) is 0 Å². The van der Waals surface area contributed by atoms with Crippen LogP contribution in [0.25, 0.3) is 0 Å². The number of benzene rings is 2. The number of carboxylic acid groups (broad SMARTS) is 1. The summed E-state index contributed by atoms with van der Waals surface area (Å²) in [5.41, 5.74) is 0.977. The summed E-state index contributed by atoms with van der Waals surface area (Å²) in [4.78, 5) is 23.5. The van der Waals surface area contributed by atoms with Crippen molar-refractivity contribution in [2.75, 3.05) is 0 Å². The lowest BCUT2D eigenvalue weighted by Gasteiger charge is -2.11. The smallest absolute Gasteiger partial charge is 0.314 e. The summed E-state index contributed by atoms with van der Waals surface area (Å²) in [5, 5.41) is 9.23. The van der Waals surface area contributed by atoms with Crippen LogP contribution in [0.3, 0.4) is 0 Å². The summed E-state index contributed by atoms with van der Waals surface area (Å²) >= 11 is 0. The minimum absolute atomic E-state index is 0.117. The van der Waals surface area contributed by atoms with Gasteiger partial charge in [0.2, 0.25) is 0 Å². The minimum atomic E-state index is -1.18. The number of carboxylic acids is 1. The summed E-state index contributed by atoms with van der Waals surface area (Å²) in [6, 6.07) is 13.8. The summed E-state index contributed by atoms with van der Waals surface area (Å²) < 4.78 is 12.8. The van der Waals surface area contributed by atoms with Crippen LogP contribution in [0.4, 0.5) is 4.39 Å². The predicted molar refractivity (Wildman–Crippen MR) is 72.0 cm³/mol. The zero-order chi connectivity index (χ0) is 14.5. The number of carbonyl (C=O) groups is 2. The molecule has 2 aromatic carbocycles. The van der Waals surface area contributed by atoms with Gasteiger partial charge in [0.25, 0.3) is 0 Å². The van der Waals surface area contributed by atoms with Crippen LogP contribution < -0.4 is 0 Å². The second kappa shape index (κ2) is 6.10. The van der Waals surface area contributed by atoms with Crippen LogP contribution in [-0.4, -0.2) is 16.9 Å². The molecule has 0 saturated heterocycles. The largest absolute Gasteiger partial charge is 0.481 e. The first-order valence-electron chi connectivity index (χ1n) is 6.14. The average molecular weight is 272 g/mol. The first kappa shape index (κ1) is 13.9. The molecule has 0 aliphatic carbocycles. The molecule has 0 radical (unpaired) electrons. The fourth-order valence-corrected chi connectivity index (χ4v) is 1.96. The molecule has 0 amide bonds. The third kappa shape index (κ3) is 3.29. The molecule has 0 aliphatic heterocycles. The van der Waals surface area contributed by atoms with Crippen molar-refractivity contribution in [3.05, 3.63) is 71.5 Å². The molecule has 3 nitrogen and oxygen atoms in total. The zero-order valence-corrected chi connectivity index (χ0v) is 10.6. The van der Waals surface area contributed by atoms with Gasteiger partial charge >= 0.3 is 5.97 Å². The quantitative estimate of drug-likeness (QED) is 0.672. The van der Waals surface area contributed by atoms with Crippen LogP contribution in [0.1, 0.15) is 15.9 Å². The molecule has 102 valence electrons. The number of carbonyl (C=O) groups excluding carboxylic acids is 1. The van der Waals surface area contributed by atoms with Crippen LogP contribution >= 0.6 is 0 Å². The SMILES string of the molecule is O=C(O)C(Cc1ccccc1)C(=O)c1ccc(F)cc1. The topological polar surface area (TPSA) is 54.4 Å². The molecule has 1 unspecified atom stereocenters. The molecule has 0 heterocycles. The molecule has 0 spiro atoms. The lowest BCUT2D eigenvalue weighted by molar-refractivity contribution is -0.139. The number of rotatable bonds is 5. The van der Waals surface area contributed by atoms with Gasteiger partial charge in [0.1, 0.15) is 11.7 Å². The van der Waals surface area contributed by atoms with Gasteiger partial charge in [-0.2, -0.15) is 0 Å². The third-order valence-electron chi connectivity index (χ3n) is 3.03. The normalized spacial score (nSPS) is 11.8. The summed E-state index contributed by atoms with van der Waals surface area (Å²) in [6.07, 6.45) is 0.117. The standard InChI is InChI=1S/C16H13FO3/c17-13-8-6-12(7-9-13)15(18)14(16(19)20)10-11-4-2-1-3-5-11/h1-9,14H,10H2,(H,19,20). The van der Waals surface area contributed by atoms with Crippen molar-refractivity contribution in [3.63, 3.8) is 0 Å². The molecule has 1 N–H and O–H groups in total. The first-order valence-corrected chi connectivity index (χ1v) is 6.14. The molecule has 2 rings (SSSR count). The Morgan fingerprint density at radius 3 is 2.15 bits per heavy atom. The van der Waals surface area contributed by atoms with Crippen molar-refractivity contribution < 1.29 is 19.1 Å². The third-order valence-corrected chi connectivity index (χ3v) is 3.03. The zero-order valence-electron chi connectivity index (χ0n) is 10.6. The van der Waals surface area contributed by atoms with E-state index in [0.717, 1.165) is 17.7 Å². The van der Waals surface area contributed by atoms with Gasteiger partial charge in [0, 0.05) is 5.56 Å².